The summed E-state index contributed by atoms with van der Waals surface area (Å²) >= 11 is 3.02. The summed E-state index contributed by atoms with van der Waals surface area (Å²) in [6.07, 6.45) is -4.73. The Labute approximate surface area is 86.1 Å². The fourth-order valence-electron chi connectivity index (χ4n) is 0.854. The Morgan fingerprint density at radius 1 is 1.36 bits per heavy atom. The maximum atomic E-state index is 11.9. The van der Waals surface area contributed by atoms with E-state index in [2.05, 4.69) is 26.1 Å². The molecular weight excluding hydrogens is 265 g/mol. The lowest BCUT2D eigenvalue weighted by Crippen LogP contribution is -2.19. The normalized spacial score (nSPS) is 11.2. The monoisotopic (exact) mass is 270 g/mol. The highest BCUT2D eigenvalue weighted by atomic mass is 79.9. The van der Waals surface area contributed by atoms with Crippen molar-refractivity contribution in [2.75, 3.05) is 5.43 Å². The summed E-state index contributed by atoms with van der Waals surface area (Å²) in [5, 5.41) is 0. The number of alkyl halides is 3. The van der Waals surface area contributed by atoms with Crippen LogP contribution >= 0.6 is 15.9 Å². The van der Waals surface area contributed by atoms with E-state index in [1.807, 2.05) is 0 Å². The van der Waals surface area contributed by atoms with Crippen LogP contribution in [0.15, 0.2) is 22.7 Å². The van der Waals surface area contributed by atoms with E-state index in [0.29, 0.717) is 4.47 Å². The van der Waals surface area contributed by atoms with Gasteiger partial charge >= 0.3 is 6.36 Å². The molecule has 0 bridgehead atoms. The Bertz CT molecular complexity index is 329. The SMILES string of the molecule is NNc1c(Br)cccc1OC(F)(F)F. The number of para-hydroxylation sites is 1. The van der Waals surface area contributed by atoms with Gasteiger partial charge in [-0.1, -0.05) is 6.07 Å². The summed E-state index contributed by atoms with van der Waals surface area (Å²) < 4.78 is 39.8. The Balaban J connectivity index is 3.02. The molecule has 7 heteroatoms. The number of ether oxygens (including phenoxy) is 1. The van der Waals surface area contributed by atoms with Crippen LogP contribution in [0.4, 0.5) is 18.9 Å². The summed E-state index contributed by atoms with van der Waals surface area (Å²) in [5.74, 6) is 4.66. The third-order valence-corrected chi connectivity index (χ3v) is 2.01. The number of hydrogen-bond acceptors (Lipinski definition) is 3. The molecule has 1 aromatic carbocycles. The Kier molecular flexibility index (Phi) is 3.22. The molecule has 0 aliphatic heterocycles. The molecule has 0 saturated carbocycles. The molecular formula is C7H6BrF3N2O. The van der Waals surface area contributed by atoms with Crippen LogP contribution in [0.3, 0.4) is 0 Å². The average Bonchev–Trinajstić information content (AvgIpc) is 2.01. The number of hydrogen-bond donors (Lipinski definition) is 2. The van der Waals surface area contributed by atoms with E-state index in [4.69, 9.17) is 5.84 Å². The summed E-state index contributed by atoms with van der Waals surface area (Å²) in [5.41, 5.74) is 2.16. The fraction of sp³-hybridized carbons (Fsp3) is 0.143. The highest BCUT2D eigenvalue weighted by Gasteiger charge is 2.32. The number of rotatable bonds is 2. The first-order valence-corrected chi connectivity index (χ1v) is 4.24. The molecule has 0 aromatic heterocycles. The first-order valence-electron chi connectivity index (χ1n) is 3.45. The summed E-state index contributed by atoms with van der Waals surface area (Å²) in [6.45, 7) is 0. The van der Waals surface area contributed by atoms with Crippen molar-refractivity contribution in [1.82, 2.24) is 0 Å². The second-order valence-corrected chi connectivity index (χ2v) is 3.16. The number of hydrazine groups is 1. The van der Waals surface area contributed by atoms with Crippen molar-refractivity contribution in [2.24, 2.45) is 5.84 Å². The highest BCUT2D eigenvalue weighted by Crippen LogP contribution is 2.34. The van der Waals surface area contributed by atoms with Crippen LogP contribution in [0.5, 0.6) is 5.75 Å². The molecule has 0 amide bonds. The van der Waals surface area contributed by atoms with Crippen molar-refractivity contribution in [3.05, 3.63) is 22.7 Å². The van der Waals surface area contributed by atoms with Gasteiger partial charge < -0.3 is 10.2 Å². The minimum atomic E-state index is -4.73. The van der Waals surface area contributed by atoms with Crippen molar-refractivity contribution in [1.29, 1.82) is 0 Å². The van der Waals surface area contributed by atoms with E-state index in [1.54, 1.807) is 6.07 Å². The summed E-state index contributed by atoms with van der Waals surface area (Å²) in [4.78, 5) is 0. The van der Waals surface area contributed by atoms with Gasteiger partial charge in [0.2, 0.25) is 0 Å². The Hall–Kier alpha value is -0.950. The summed E-state index contributed by atoms with van der Waals surface area (Å²) in [7, 11) is 0. The van der Waals surface area contributed by atoms with Gasteiger partial charge in [-0.25, -0.2) is 0 Å². The van der Waals surface area contributed by atoms with Gasteiger partial charge in [0.25, 0.3) is 0 Å². The second-order valence-electron chi connectivity index (χ2n) is 2.31. The van der Waals surface area contributed by atoms with Gasteiger partial charge in [-0.3, -0.25) is 5.84 Å². The van der Waals surface area contributed by atoms with Crippen molar-refractivity contribution >= 4 is 21.6 Å². The average molecular weight is 271 g/mol. The number of nitrogen functional groups attached to an aromatic ring is 1. The topological polar surface area (TPSA) is 47.3 Å². The molecule has 3 N–H and O–H groups in total. The second kappa shape index (κ2) is 4.05. The zero-order valence-electron chi connectivity index (χ0n) is 6.73. The van der Waals surface area contributed by atoms with E-state index in [0.717, 1.165) is 6.07 Å². The van der Waals surface area contributed by atoms with Crippen LogP contribution in [-0.2, 0) is 0 Å². The molecule has 0 unspecified atom stereocenters. The van der Waals surface area contributed by atoms with Gasteiger partial charge in [0.05, 0.1) is 0 Å². The third kappa shape index (κ3) is 2.78. The van der Waals surface area contributed by atoms with Crippen molar-refractivity contribution < 1.29 is 17.9 Å². The molecule has 0 saturated heterocycles. The molecule has 1 rings (SSSR count). The fourth-order valence-corrected chi connectivity index (χ4v) is 1.32. The lowest BCUT2D eigenvalue weighted by molar-refractivity contribution is -0.274. The molecule has 0 aliphatic carbocycles. The largest absolute Gasteiger partial charge is 0.573 e. The molecule has 3 nitrogen and oxygen atoms in total. The quantitative estimate of drug-likeness (QED) is 0.642. The molecule has 0 fully saturated rings. The number of benzene rings is 1. The lowest BCUT2D eigenvalue weighted by Gasteiger charge is -2.13. The van der Waals surface area contributed by atoms with Crippen LogP contribution in [0, 0.1) is 0 Å². The number of halogens is 4. The molecule has 0 aliphatic rings. The van der Waals surface area contributed by atoms with Gasteiger partial charge in [0.15, 0.2) is 5.75 Å². The number of nitrogens with two attached hydrogens (primary N) is 1. The minimum Gasteiger partial charge on any atom is -0.403 e. The van der Waals surface area contributed by atoms with Gasteiger partial charge in [-0.15, -0.1) is 13.2 Å². The van der Waals surface area contributed by atoms with Gasteiger partial charge in [0.1, 0.15) is 5.69 Å². The Morgan fingerprint density at radius 2 is 2.00 bits per heavy atom. The van der Waals surface area contributed by atoms with Crippen LogP contribution in [0.25, 0.3) is 0 Å². The smallest absolute Gasteiger partial charge is 0.403 e. The minimum absolute atomic E-state index is 0.0461. The van der Waals surface area contributed by atoms with Crippen LogP contribution in [0.2, 0.25) is 0 Å². The zero-order chi connectivity index (χ0) is 10.8. The maximum absolute atomic E-state index is 11.9. The number of anilines is 1. The van der Waals surface area contributed by atoms with Crippen molar-refractivity contribution in [3.8, 4) is 5.75 Å². The van der Waals surface area contributed by atoms with E-state index in [1.165, 1.54) is 6.07 Å². The molecule has 0 atom stereocenters. The highest BCUT2D eigenvalue weighted by molar-refractivity contribution is 9.10. The van der Waals surface area contributed by atoms with E-state index < -0.39 is 6.36 Å². The molecule has 0 heterocycles. The lowest BCUT2D eigenvalue weighted by atomic mass is 10.3. The van der Waals surface area contributed by atoms with Crippen molar-refractivity contribution in [3.63, 3.8) is 0 Å². The van der Waals surface area contributed by atoms with Crippen LogP contribution < -0.4 is 16.0 Å². The summed E-state index contributed by atoms with van der Waals surface area (Å²) in [6, 6.07) is 4.11. The molecule has 78 valence electrons. The Morgan fingerprint density at radius 3 is 2.50 bits per heavy atom. The number of nitrogens with one attached hydrogen (secondary N) is 1. The zero-order valence-corrected chi connectivity index (χ0v) is 8.32. The van der Waals surface area contributed by atoms with Crippen LogP contribution in [0.1, 0.15) is 0 Å². The molecule has 14 heavy (non-hydrogen) atoms. The first-order chi connectivity index (χ1) is 6.44. The van der Waals surface area contributed by atoms with Gasteiger partial charge in [-0.05, 0) is 28.1 Å². The van der Waals surface area contributed by atoms with E-state index >= 15 is 0 Å². The van der Waals surface area contributed by atoms with Gasteiger partial charge in [-0.2, -0.15) is 0 Å². The third-order valence-electron chi connectivity index (χ3n) is 1.35. The predicted molar refractivity (Wildman–Crippen MR) is 48.6 cm³/mol. The van der Waals surface area contributed by atoms with Crippen molar-refractivity contribution in [2.45, 2.75) is 6.36 Å². The maximum Gasteiger partial charge on any atom is 0.573 e. The van der Waals surface area contributed by atoms with E-state index in [9.17, 15) is 13.2 Å². The standard InChI is InChI=1S/C7H6BrF3N2O/c8-4-2-1-3-5(6(4)13-12)14-7(9,10)11/h1-3,13H,12H2. The van der Waals surface area contributed by atoms with E-state index in [-0.39, 0.29) is 11.4 Å². The van der Waals surface area contributed by atoms with Gasteiger partial charge in [0, 0.05) is 4.47 Å². The molecule has 0 radical (unpaired) electrons. The predicted octanol–water partition coefficient (Wildman–Crippen LogP) is 2.63. The molecule has 0 spiro atoms. The molecule has 1 aromatic rings. The first kappa shape index (κ1) is 11.1. The van der Waals surface area contributed by atoms with Crippen LogP contribution in [-0.4, -0.2) is 6.36 Å².